The lowest BCUT2D eigenvalue weighted by atomic mass is 9.53. The van der Waals surface area contributed by atoms with Gasteiger partial charge in [0.25, 0.3) is 0 Å². The summed E-state index contributed by atoms with van der Waals surface area (Å²) in [5.74, 6) is 3.24. The molecule has 8 nitrogen and oxygen atoms in total. The van der Waals surface area contributed by atoms with Crippen LogP contribution in [0.15, 0.2) is 6.33 Å². The van der Waals surface area contributed by atoms with E-state index in [2.05, 4.69) is 32.0 Å². The van der Waals surface area contributed by atoms with Gasteiger partial charge in [0.05, 0.1) is 4.92 Å². The molecule has 0 aromatic carbocycles. The minimum atomic E-state index is -0.287. The third-order valence-electron chi connectivity index (χ3n) is 7.53. The number of aromatic nitrogens is 2. The molecular weight excluding hydrogens is 356 g/mol. The van der Waals surface area contributed by atoms with Crippen molar-refractivity contribution in [3.05, 3.63) is 16.4 Å². The summed E-state index contributed by atoms with van der Waals surface area (Å²) in [5, 5.41) is 15.6. The zero-order valence-electron chi connectivity index (χ0n) is 16.6. The molecule has 1 aliphatic heterocycles. The van der Waals surface area contributed by atoms with E-state index < -0.39 is 0 Å². The first-order valence-electron chi connectivity index (χ1n) is 10.8. The number of piperazine rings is 1. The van der Waals surface area contributed by atoms with Crippen molar-refractivity contribution in [2.24, 2.45) is 17.8 Å². The molecule has 28 heavy (non-hydrogen) atoms. The van der Waals surface area contributed by atoms with Crippen LogP contribution >= 0.6 is 0 Å². The van der Waals surface area contributed by atoms with Crippen LogP contribution < -0.4 is 10.2 Å². The molecule has 2 heterocycles. The minimum Gasteiger partial charge on any atom is -0.359 e. The summed E-state index contributed by atoms with van der Waals surface area (Å²) >= 11 is 0. The molecule has 0 radical (unpaired) electrons. The van der Waals surface area contributed by atoms with E-state index in [-0.39, 0.29) is 16.1 Å². The maximum Gasteiger partial charge on any atom is 0.353 e. The van der Waals surface area contributed by atoms with E-state index >= 15 is 0 Å². The summed E-state index contributed by atoms with van der Waals surface area (Å²) in [6, 6.07) is 0. The highest BCUT2D eigenvalue weighted by Crippen LogP contribution is 2.57. The van der Waals surface area contributed by atoms with E-state index in [9.17, 15) is 10.1 Å². The Balaban J connectivity index is 1.43. The number of nitro groups is 1. The Morgan fingerprint density at radius 1 is 1.11 bits per heavy atom. The molecule has 0 spiro atoms. The van der Waals surface area contributed by atoms with Crippen molar-refractivity contribution in [1.82, 2.24) is 14.9 Å². The molecule has 4 saturated carbocycles. The number of nitrogens with one attached hydrogen (secondary N) is 1. The quantitative estimate of drug-likeness (QED) is 0.615. The summed E-state index contributed by atoms with van der Waals surface area (Å²) in [6.45, 7) is 6.52. The molecule has 5 aliphatic rings. The van der Waals surface area contributed by atoms with Crippen molar-refractivity contribution >= 4 is 17.3 Å². The van der Waals surface area contributed by atoms with Gasteiger partial charge in [0.15, 0.2) is 0 Å². The third-order valence-corrected chi connectivity index (χ3v) is 7.53. The van der Waals surface area contributed by atoms with Crippen LogP contribution in [0, 0.1) is 27.9 Å². The second kappa shape index (κ2) is 6.83. The van der Waals surface area contributed by atoms with Crippen molar-refractivity contribution < 1.29 is 4.92 Å². The first kappa shape index (κ1) is 18.1. The van der Waals surface area contributed by atoms with E-state index in [1.54, 1.807) is 0 Å². The fraction of sp³-hybridized carbons (Fsp3) is 0.800. The Labute approximate surface area is 165 Å². The van der Waals surface area contributed by atoms with E-state index in [1.807, 2.05) is 0 Å². The molecule has 4 bridgehead atoms. The van der Waals surface area contributed by atoms with Gasteiger partial charge in [-0.25, -0.2) is 9.97 Å². The van der Waals surface area contributed by atoms with Gasteiger partial charge in [-0.1, -0.05) is 6.92 Å². The Hall–Kier alpha value is -1.96. The molecule has 1 aromatic rings. The number of hydrogen-bond acceptors (Lipinski definition) is 7. The van der Waals surface area contributed by atoms with Gasteiger partial charge in [-0.2, -0.15) is 0 Å². The van der Waals surface area contributed by atoms with Crippen LogP contribution in [0.3, 0.4) is 0 Å². The number of likely N-dealkylation sites (N-methyl/N-ethyl adjacent to an activating group) is 1. The molecule has 6 rings (SSSR count). The summed E-state index contributed by atoms with van der Waals surface area (Å²) < 4.78 is 0. The van der Waals surface area contributed by atoms with Crippen LogP contribution in [-0.2, 0) is 0 Å². The molecule has 0 amide bonds. The van der Waals surface area contributed by atoms with Gasteiger partial charge >= 0.3 is 5.69 Å². The molecule has 5 fully saturated rings. The zero-order valence-corrected chi connectivity index (χ0v) is 16.6. The highest BCUT2D eigenvalue weighted by atomic mass is 16.6. The van der Waals surface area contributed by atoms with Crippen molar-refractivity contribution in [3.8, 4) is 0 Å². The van der Waals surface area contributed by atoms with Crippen LogP contribution in [-0.4, -0.2) is 58.1 Å². The number of anilines is 2. The lowest BCUT2D eigenvalue weighted by Crippen LogP contribution is -2.55. The fourth-order valence-corrected chi connectivity index (χ4v) is 6.65. The number of nitrogens with zero attached hydrogens (tertiary/aromatic N) is 5. The lowest BCUT2D eigenvalue weighted by Gasteiger charge is -2.57. The molecule has 0 unspecified atom stereocenters. The smallest absolute Gasteiger partial charge is 0.353 e. The first-order valence-corrected chi connectivity index (χ1v) is 10.8. The van der Waals surface area contributed by atoms with Gasteiger partial charge in [-0.15, -0.1) is 0 Å². The highest BCUT2D eigenvalue weighted by Gasteiger charge is 2.51. The molecule has 1 N–H and O–H groups in total. The summed E-state index contributed by atoms with van der Waals surface area (Å²) in [6.07, 6.45) is 8.93. The largest absolute Gasteiger partial charge is 0.359 e. The fourth-order valence-electron chi connectivity index (χ4n) is 6.65. The number of rotatable bonds is 5. The summed E-state index contributed by atoms with van der Waals surface area (Å²) in [4.78, 5) is 24.9. The van der Waals surface area contributed by atoms with E-state index in [0.29, 0.717) is 11.6 Å². The SMILES string of the molecule is CCN1CCN(c2ncnc(NC34CC5CC(CC(C5)C3)C4)c2[N+](=O)[O-])CC1. The second-order valence-corrected chi connectivity index (χ2v) is 9.40. The normalized spacial score (nSPS) is 34.6. The Morgan fingerprint density at radius 3 is 2.25 bits per heavy atom. The summed E-state index contributed by atoms with van der Waals surface area (Å²) in [5.41, 5.74) is 0.0506. The molecule has 4 aliphatic carbocycles. The van der Waals surface area contributed by atoms with Gasteiger partial charge < -0.3 is 15.1 Å². The van der Waals surface area contributed by atoms with Crippen molar-refractivity contribution in [2.75, 3.05) is 42.9 Å². The topological polar surface area (TPSA) is 87.4 Å². The Bertz CT molecular complexity index is 726. The monoisotopic (exact) mass is 386 g/mol. The molecule has 8 heteroatoms. The van der Waals surface area contributed by atoms with Crippen molar-refractivity contribution in [1.29, 1.82) is 0 Å². The highest BCUT2D eigenvalue weighted by molar-refractivity contribution is 5.71. The van der Waals surface area contributed by atoms with Gasteiger partial charge in [-0.3, -0.25) is 10.1 Å². The summed E-state index contributed by atoms with van der Waals surface area (Å²) in [7, 11) is 0. The predicted molar refractivity (Wildman–Crippen MR) is 108 cm³/mol. The maximum absolute atomic E-state index is 12.0. The average Bonchev–Trinajstić information content (AvgIpc) is 2.66. The van der Waals surface area contributed by atoms with Crippen molar-refractivity contribution in [2.45, 2.75) is 51.0 Å². The molecule has 1 aromatic heterocycles. The van der Waals surface area contributed by atoms with Crippen molar-refractivity contribution in [3.63, 3.8) is 0 Å². The third kappa shape index (κ3) is 3.11. The minimum absolute atomic E-state index is 0.00790. The van der Waals surface area contributed by atoms with Crippen LogP contribution in [0.4, 0.5) is 17.3 Å². The van der Waals surface area contributed by atoms with E-state index in [4.69, 9.17) is 0 Å². The first-order chi connectivity index (χ1) is 13.5. The van der Waals surface area contributed by atoms with Gasteiger partial charge in [0, 0.05) is 31.7 Å². The van der Waals surface area contributed by atoms with E-state index in [1.165, 1.54) is 25.6 Å². The lowest BCUT2D eigenvalue weighted by molar-refractivity contribution is -0.383. The molecule has 152 valence electrons. The molecule has 1 saturated heterocycles. The van der Waals surface area contributed by atoms with Crippen LogP contribution in [0.25, 0.3) is 0 Å². The maximum atomic E-state index is 12.0. The zero-order chi connectivity index (χ0) is 19.3. The molecular formula is C20H30N6O2. The van der Waals surface area contributed by atoms with Gasteiger partial charge in [-0.05, 0) is 62.8 Å². The van der Waals surface area contributed by atoms with Crippen LogP contribution in [0.1, 0.15) is 45.4 Å². The van der Waals surface area contributed by atoms with Gasteiger partial charge in [0.1, 0.15) is 6.33 Å². The Kier molecular flexibility index (Phi) is 4.41. The standard InChI is InChI=1S/C20H30N6O2/c1-2-24-3-5-25(6-4-24)19-17(26(27)28)18(21-13-22-19)23-20-10-14-7-15(11-20)9-16(8-14)12-20/h13-16H,2-12H2,1H3,(H,21,22,23). The van der Waals surface area contributed by atoms with Gasteiger partial charge in [0.2, 0.25) is 11.6 Å². The van der Waals surface area contributed by atoms with E-state index in [0.717, 1.165) is 69.7 Å². The average molecular weight is 387 g/mol. The van der Waals surface area contributed by atoms with Crippen LogP contribution in [0.2, 0.25) is 0 Å². The predicted octanol–water partition coefficient (Wildman–Crippen LogP) is 2.91. The molecule has 0 atom stereocenters. The number of hydrogen-bond donors (Lipinski definition) is 1. The van der Waals surface area contributed by atoms with Crippen LogP contribution in [0.5, 0.6) is 0 Å². The second-order valence-electron chi connectivity index (χ2n) is 9.40. The Morgan fingerprint density at radius 2 is 1.71 bits per heavy atom.